The summed E-state index contributed by atoms with van der Waals surface area (Å²) in [4.78, 5) is 24.9. The van der Waals surface area contributed by atoms with Crippen LogP contribution in [0.5, 0.6) is 0 Å². The Hall–Kier alpha value is -4.12. The number of rotatable bonds is 6. The van der Waals surface area contributed by atoms with Gasteiger partial charge in [0.2, 0.25) is 0 Å². The average molecular weight is 397 g/mol. The van der Waals surface area contributed by atoms with Crippen LogP contribution in [0.15, 0.2) is 94.0 Å². The molecule has 4 rings (SSSR count). The van der Waals surface area contributed by atoms with Gasteiger partial charge in [0.1, 0.15) is 17.3 Å². The molecule has 1 amide bonds. The zero-order valence-electron chi connectivity index (χ0n) is 16.3. The molecular formula is C25H19NO4. The van der Waals surface area contributed by atoms with Crippen LogP contribution in [0.1, 0.15) is 32.2 Å². The van der Waals surface area contributed by atoms with Gasteiger partial charge < -0.3 is 14.2 Å². The van der Waals surface area contributed by atoms with Crippen LogP contribution in [-0.4, -0.2) is 11.7 Å². The maximum Gasteiger partial charge on any atom is 0.259 e. The first-order valence-electron chi connectivity index (χ1n) is 9.43. The van der Waals surface area contributed by atoms with Gasteiger partial charge in [-0.2, -0.15) is 0 Å². The lowest BCUT2D eigenvalue weighted by Crippen LogP contribution is -2.12. The van der Waals surface area contributed by atoms with Crippen LogP contribution in [0.3, 0.4) is 0 Å². The van der Waals surface area contributed by atoms with E-state index in [1.165, 1.54) is 12.3 Å². The molecule has 0 bridgehead atoms. The molecule has 0 saturated heterocycles. The second kappa shape index (κ2) is 8.49. The summed E-state index contributed by atoms with van der Waals surface area (Å²) in [5.74, 6) is 1.38. The van der Waals surface area contributed by atoms with Crippen molar-refractivity contribution in [1.82, 2.24) is 0 Å². The number of carbonyl (C=O) groups is 2. The van der Waals surface area contributed by atoms with Crippen LogP contribution in [0.25, 0.3) is 17.4 Å². The van der Waals surface area contributed by atoms with Gasteiger partial charge >= 0.3 is 0 Å². The number of benzene rings is 2. The van der Waals surface area contributed by atoms with Crippen molar-refractivity contribution < 1.29 is 18.4 Å². The fraction of sp³-hybridized carbons (Fsp3) is 0.0400. The first-order chi connectivity index (χ1) is 14.6. The van der Waals surface area contributed by atoms with E-state index in [0.717, 1.165) is 11.3 Å². The molecular weight excluding hydrogens is 378 g/mol. The molecule has 0 saturated carbocycles. The summed E-state index contributed by atoms with van der Waals surface area (Å²) in [5.41, 5.74) is 2.42. The second-order valence-electron chi connectivity index (χ2n) is 6.69. The minimum atomic E-state index is -0.287. The van der Waals surface area contributed by atoms with Crippen molar-refractivity contribution in [3.05, 3.63) is 108 Å². The molecule has 0 radical (unpaired) electrons. The topological polar surface area (TPSA) is 72.5 Å². The predicted octanol–water partition coefficient (Wildman–Crippen LogP) is 6.00. The van der Waals surface area contributed by atoms with Crippen molar-refractivity contribution in [2.45, 2.75) is 6.92 Å². The van der Waals surface area contributed by atoms with E-state index in [4.69, 9.17) is 8.83 Å². The molecule has 5 heteroatoms. The summed E-state index contributed by atoms with van der Waals surface area (Å²) >= 11 is 0. The van der Waals surface area contributed by atoms with Crippen LogP contribution >= 0.6 is 0 Å². The zero-order valence-corrected chi connectivity index (χ0v) is 16.3. The SMILES string of the molecule is Cc1occc1C(=O)Nc1cccc(C(=O)/C=C/c2ccc(-c3ccccc3)o2)c1. The van der Waals surface area contributed by atoms with Crippen molar-refractivity contribution in [2.24, 2.45) is 0 Å². The van der Waals surface area contributed by atoms with Crippen molar-refractivity contribution in [1.29, 1.82) is 0 Å². The molecule has 2 heterocycles. The molecule has 4 aromatic rings. The molecule has 0 fully saturated rings. The normalized spacial score (nSPS) is 11.0. The van der Waals surface area contributed by atoms with Crippen molar-refractivity contribution in [3.8, 4) is 11.3 Å². The summed E-state index contributed by atoms with van der Waals surface area (Å²) in [7, 11) is 0. The lowest BCUT2D eigenvalue weighted by atomic mass is 10.1. The van der Waals surface area contributed by atoms with Crippen LogP contribution < -0.4 is 5.32 Å². The van der Waals surface area contributed by atoms with Crippen LogP contribution in [0.2, 0.25) is 0 Å². The highest BCUT2D eigenvalue weighted by Gasteiger charge is 2.12. The molecule has 0 unspecified atom stereocenters. The Kier molecular flexibility index (Phi) is 5.44. The van der Waals surface area contributed by atoms with Crippen LogP contribution in [-0.2, 0) is 0 Å². The Labute approximate surface area is 173 Å². The van der Waals surface area contributed by atoms with Gasteiger partial charge in [-0.3, -0.25) is 9.59 Å². The third-order valence-corrected chi connectivity index (χ3v) is 4.59. The third-order valence-electron chi connectivity index (χ3n) is 4.59. The number of hydrogen-bond donors (Lipinski definition) is 1. The van der Waals surface area contributed by atoms with Gasteiger partial charge in [0, 0.05) is 16.8 Å². The minimum absolute atomic E-state index is 0.191. The number of nitrogens with one attached hydrogen (secondary N) is 1. The molecule has 0 aliphatic heterocycles. The van der Waals surface area contributed by atoms with Gasteiger partial charge in [-0.15, -0.1) is 0 Å². The van der Waals surface area contributed by atoms with Gasteiger partial charge in [0.25, 0.3) is 5.91 Å². The molecule has 2 aromatic heterocycles. The quantitative estimate of drug-likeness (QED) is 0.320. The molecule has 0 aliphatic rings. The Bertz CT molecular complexity index is 1210. The minimum Gasteiger partial charge on any atom is -0.469 e. The maximum absolute atomic E-state index is 12.6. The summed E-state index contributed by atoms with van der Waals surface area (Å²) < 4.78 is 10.9. The number of carbonyl (C=O) groups excluding carboxylic acids is 2. The molecule has 30 heavy (non-hydrogen) atoms. The second-order valence-corrected chi connectivity index (χ2v) is 6.69. The number of amides is 1. The molecule has 0 atom stereocenters. The van der Waals surface area contributed by atoms with Gasteiger partial charge in [-0.25, -0.2) is 0 Å². The smallest absolute Gasteiger partial charge is 0.259 e. The van der Waals surface area contributed by atoms with Crippen LogP contribution in [0, 0.1) is 6.92 Å². The highest BCUT2D eigenvalue weighted by Crippen LogP contribution is 2.22. The largest absolute Gasteiger partial charge is 0.469 e. The molecule has 5 nitrogen and oxygen atoms in total. The highest BCUT2D eigenvalue weighted by molar-refractivity contribution is 6.09. The number of ketones is 1. The lowest BCUT2D eigenvalue weighted by Gasteiger charge is -2.05. The highest BCUT2D eigenvalue weighted by atomic mass is 16.3. The van der Waals surface area contributed by atoms with E-state index in [-0.39, 0.29) is 11.7 Å². The summed E-state index contributed by atoms with van der Waals surface area (Å²) in [6.07, 6.45) is 4.55. The standard InChI is InChI=1S/C25H19NO4/c1-17-22(14-15-29-17)25(28)26-20-9-5-8-19(16-20)23(27)12-10-21-11-13-24(30-21)18-6-3-2-4-7-18/h2-16H,1H3,(H,26,28)/b12-10+. The Balaban J connectivity index is 1.45. The molecule has 148 valence electrons. The summed E-state index contributed by atoms with van der Waals surface area (Å²) in [6.45, 7) is 1.72. The number of furan rings is 2. The first-order valence-corrected chi connectivity index (χ1v) is 9.43. The number of allylic oxidation sites excluding steroid dienone is 1. The van der Waals surface area contributed by atoms with E-state index < -0.39 is 0 Å². The van der Waals surface area contributed by atoms with Crippen molar-refractivity contribution >= 4 is 23.5 Å². The third kappa shape index (κ3) is 4.31. The van der Waals surface area contributed by atoms with Gasteiger partial charge in [-0.1, -0.05) is 42.5 Å². The maximum atomic E-state index is 12.6. The fourth-order valence-electron chi connectivity index (χ4n) is 3.02. The van der Waals surface area contributed by atoms with Crippen LogP contribution in [0.4, 0.5) is 5.69 Å². The molecule has 2 aromatic carbocycles. The van der Waals surface area contributed by atoms with E-state index in [0.29, 0.717) is 28.3 Å². The van der Waals surface area contributed by atoms with E-state index in [2.05, 4.69) is 5.32 Å². The van der Waals surface area contributed by atoms with E-state index in [1.807, 2.05) is 42.5 Å². The number of hydrogen-bond acceptors (Lipinski definition) is 4. The summed E-state index contributed by atoms with van der Waals surface area (Å²) in [6, 6.07) is 21.8. The Morgan fingerprint density at radius 3 is 2.53 bits per heavy atom. The zero-order chi connectivity index (χ0) is 20.9. The fourth-order valence-corrected chi connectivity index (χ4v) is 3.02. The Morgan fingerprint density at radius 2 is 1.77 bits per heavy atom. The van der Waals surface area contributed by atoms with E-state index >= 15 is 0 Å². The molecule has 0 spiro atoms. The van der Waals surface area contributed by atoms with Gasteiger partial charge in [0.05, 0.1) is 11.8 Å². The van der Waals surface area contributed by atoms with Gasteiger partial charge in [0.15, 0.2) is 5.78 Å². The van der Waals surface area contributed by atoms with Crippen molar-refractivity contribution in [2.75, 3.05) is 5.32 Å². The van der Waals surface area contributed by atoms with E-state index in [9.17, 15) is 9.59 Å². The van der Waals surface area contributed by atoms with E-state index in [1.54, 1.807) is 43.3 Å². The average Bonchev–Trinajstić information content (AvgIpc) is 3.42. The Morgan fingerprint density at radius 1 is 0.933 bits per heavy atom. The predicted molar refractivity (Wildman–Crippen MR) is 115 cm³/mol. The van der Waals surface area contributed by atoms with Crippen molar-refractivity contribution in [3.63, 3.8) is 0 Å². The number of aryl methyl sites for hydroxylation is 1. The lowest BCUT2D eigenvalue weighted by molar-refractivity contribution is 0.102. The first kappa shape index (κ1) is 19.2. The molecule has 1 N–H and O–H groups in total. The summed E-state index contributed by atoms with van der Waals surface area (Å²) in [5, 5.41) is 2.78. The monoisotopic (exact) mass is 397 g/mol. The van der Waals surface area contributed by atoms with Gasteiger partial charge in [-0.05, 0) is 49.4 Å². The number of anilines is 1. The molecule has 0 aliphatic carbocycles.